The van der Waals surface area contributed by atoms with E-state index in [4.69, 9.17) is 23.2 Å². The zero-order chi connectivity index (χ0) is 27.9. The Balaban J connectivity index is 1.89. The quantitative estimate of drug-likeness (QED) is 0.308. The highest BCUT2D eigenvalue weighted by Gasteiger charge is 2.63. The molecule has 3 nitrogen and oxygen atoms in total. The first-order valence-corrected chi connectivity index (χ1v) is 13.8. The van der Waals surface area contributed by atoms with E-state index in [0.29, 0.717) is 35.7 Å². The van der Waals surface area contributed by atoms with Crippen LogP contribution in [0.2, 0.25) is 10.0 Å². The number of halogens is 5. The van der Waals surface area contributed by atoms with Gasteiger partial charge in [-0.1, -0.05) is 67.4 Å². The Kier molecular flexibility index (Phi) is 8.28. The van der Waals surface area contributed by atoms with Crippen LogP contribution in [-0.2, 0) is 4.79 Å². The van der Waals surface area contributed by atoms with Crippen molar-refractivity contribution >= 4 is 29.1 Å². The largest absolute Gasteiger partial charge is 0.417 e. The second-order valence-electron chi connectivity index (χ2n) is 11.1. The molecule has 1 amide bonds. The molecule has 0 bridgehead atoms. The Hall–Kier alpha value is -2.02. The van der Waals surface area contributed by atoms with E-state index in [2.05, 4.69) is 6.58 Å². The van der Waals surface area contributed by atoms with Gasteiger partial charge in [0.25, 0.3) is 0 Å². The summed E-state index contributed by atoms with van der Waals surface area (Å²) in [5, 5.41) is 12.1. The van der Waals surface area contributed by atoms with Crippen molar-refractivity contribution in [2.45, 2.75) is 82.2 Å². The van der Waals surface area contributed by atoms with E-state index < -0.39 is 41.6 Å². The van der Waals surface area contributed by atoms with Gasteiger partial charge in [0.15, 0.2) is 5.60 Å². The summed E-state index contributed by atoms with van der Waals surface area (Å²) in [4.78, 5) is 15.9. The van der Waals surface area contributed by atoms with Gasteiger partial charge >= 0.3 is 6.18 Å². The lowest BCUT2D eigenvalue weighted by molar-refractivity contribution is -0.275. The van der Waals surface area contributed by atoms with E-state index in [9.17, 15) is 23.1 Å². The molecule has 1 unspecified atom stereocenters. The van der Waals surface area contributed by atoms with E-state index in [1.165, 1.54) is 0 Å². The minimum atomic E-state index is -4.80. The number of alkyl halides is 3. The Morgan fingerprint density at radius 3 is 2.32 bits per heavy atom. The molecular formula is C30H34Cl2F3NO2. The molecule has 8 heteroatoms. The molecule has 5 atom stereocenters. The minimum absolute atomic E-state index is 0.234. The van der Waals surface area contributed by atoms with Crippen molar-refractivity contribution in [1.29, 1.82) is 0 Å². The van der Waals surface area contributed by atoms with E-state index in [1.807, 2.05) is 37.3 Å². The summed E-state index contributed by atoms with van der Waals surface area (Å²) < 4.78 is 42.9. The number of carbonyl (C=O) groups excluding carboxylic acids is 1. The van der Waals surface area contributed by atoms with Crippen LogP contribution in [0.5, 0.6) is 0 Å². The van der Waals surface area contributed by atoms with Gasteiger partial charge in [0, 0.05) is 28.4 Å². The number of aliphatic hydroxyl groups is 1. The summed E-state index contributed by atoms with van der Waals surface area (Å²) in [6, 6.07) is 13.1. The van der Waals surface area contributed by atoms with Crippen molar-refractivity contribution in [2.24, 2.45) is 11.3 Å². The molecule has 2 aromatic carbocycles. The number of likely N-dealkylation sites (tertiary alicyclic amines) is 1. The average Bonchev–Trinajstić information content (AvgIpc) is 3.70. The van der Waals surface area contributed by atoms with Crippen LogP contribution in [0.15, 0.2) is 61.2 Å². The van der Waals surface area contributed by atoms with Crippen LogP contribution in [0.25, 0.3) is 0 Å². The Labute approximate surface area is 232 Å². The van der Waals surface area contributed by atoms with Crippen LogP contribution in [0.4, 0.5) is 13.2 Å². The molecule has 1 aliphatic carbocycles. The second-order valence-corrected chi connectivity index (χ2v) is 12.0. The molecule has 1 saturated heterocycles. The lowest BCUT2D eigenvalue weighted by Crippen LogP contribution is -2.59. The third kappa shape index (κ3) is 5.50. The Bertz CT molecular complexity index is 1170. The molecule has 206 valence electrons. The summed E-state index contributed by atoms with van der Waals surface area (Å²) in [5.41, 5.74) is -2.07. The smallest absolute Gasteiger partial charge is 0.380 e. The Morgan fingerprint density at radius 1 is 1.13 bits per heavy atom. The molecular weight excluding hydrogens is 534 g/mol. The zero-order valence-electron chi connectivity index (χ0n) is 21.6. The van der Waals surface area contributed by atoms with Gasteiger partial charge in [0.05, 0.1) is 11.5 Å². The third-order valence-corrected chi connectivity index (χ3v) is 8.83. The van der Waals surface area contributed by atoms with Gasteiger partial charge in [0.2, 0.25) is 5.91 Å². The van der Waals surface area contributed by atoms with E-state index >= 15 is 0 Å². The van der Waals surface area contributed by atoms with Crippen LogP contribution in [0.3, 0.4) is 0 Å². The summed E-state index contributed by atoms with van der Waals surface area (Å²) in [5.74, 6) is -1.34. The summed E-state index contributed by atoms with van der Waals surface area (Å²) >= 11 is 12.6. The van der Waals surface area contributed by atoms with Gasteiger partial charge in [-0.25, -0.2) is 0 Å². The maximum absolute atomic E-state index is 14.3. The van der Waals surface area contributed by atoms with Crippen LogP contribution >= 0.6 is 23.2 Å². The average molecular weight is 569 g/mol. The maximum Gasteiger partial charge on any atom is 0.417 e. The first kappa shape index (κ1) is 29.0. The second kappa shape index (κ2) is 10.9. The summed E-state index contributed by atoms with van der Waals surface area (Å²) in [6.45, 7) is 7.47. The van der Waals surface area contributed by atoms with Crippen LogP contribution in [0, 0.1) is 11.3 Å². The fourth-order valence-corrected chi connectivity index (χ4v) is 6.49. The van der Waals surface area contributed by atoms with Gasteiger partial charge in [0.1, 0.15) is 0 Å². The molecule has 4 rings (SSSR count). The molecule has 1 N–H and O–H groups in total. The van der Waals surface area contributed by atoms with E-state index in [0.717, 1.165) is 11.1 Å². The highest BCUT2D eigenvalue weighted by atomic mass is 35.5. The fourth-order valence-electron chi connectivity index (χ4n) is 6.16. The minimum Gasteiger partial charge on any atom is -0.380 e. The van der Waals surface area contributed by atoms with Crippen molar-refractivity contribution in [3.05, 3.63) is 82.4 Å². The van der Waals surface area contributed by atoms with Gasteiger partial charge in [-0.05, 0) is 73.4 Å². The van der Waals surface area contributed by atoms with Crippen molar-refractivity contribution < 1.29 is 23.1 Å². The Morgan fingerprint density at radius 2 is 1.79 bits per heavy atom. The predicted molar refractivity (Wildman–Crippen MR) is 145 cm³/mol. The standard InChI is InChI=1S/C30H34Cl2F3NO2/c1-4-15-28(3)18-25(20-7-6-8-23(32)16-20)26(19-9-13-22(31)14-10-19)36(27(28)37)24(5-2)17-29(38,21-11-12-21)30(33,34)35/h4,6-10,13-14,16,21,24-26,38H,1,5,11-12,15,17-18H2,2-3H3/t24-,25+,26?,28-,29+/m0/s1. The highest BCUT2D eigenvalue weighted by molar-refractivity contribution is 6.30. The molecule has 1 saturated carbocycles. The normalized spacial score (nSPS) is 26.6. The SMILES string of the molecule is C=CC[C@@]1(C)C[C@H](c2cccc(Cl)c2)C(c2ccc(Cl)cc2)N([C@@H](CC)C[C@@](O)(C2CC2)C(F)(F)F)C1=O. The van der Waals surface area contributed by atoms with Gasteiger partial charge in [-0.3, -0.25) is 4.79 Å². The summed E-state index contributed by atoms with van der Waals surface area (Å²) in [6.07, 6.45) is -1.95. The highest BCUT2D eigenvalue weighted by Crippen LogP contribution is 2.55. The van der Waals surface area contributed by atoms with E-state index in [-0.39, 0.29) is 18.2 Å². The monoisotopic (exact) mass is 567 g/mol. The number of nitrogens with zero attached hydrogens (tertiary/aromatic N) is 1. The molecule has 1 heterocycles. The number of benzene rings is 2. The lowest BCUT2D eigenvalue weighted by atomic mass is 9.66. The number of carbonyl (C=O) groups is 1. The fraction of sp³-hybridized carbons (Fsp3) is 0.500. The van der Waals surface area contributed by atoms with Crippen LogP contribution in [0.1, 0.15) is 75.5 Å². The topological polar surface area (TPSA) is 40.5 Å². The van der Waals surface area contributed by atoms with Crippen molar-refractivity contribution in [1.82, 2.24) is 4.90 Å². The number of allylic oxidation sites excluding steroid dienone is 1. The van der Waals surface area contributed by atoms with Gasteiger partial charge < -0.3 is 10.0 Å². The maximum atomic E-state index is 14.3. The first-order chi connectivity index (χ1) is 17.8. The molecule has 0 radical (unpaired) electrons. The van der Waals surface area contributed by atoms with Crippen molar-refractivity contribution in [2.75, 3.05) is 0 Å². The number of hydrogen-bond acceptors (Lipinski definition) is 2. The van der Waals surface area contributed by atoms with Crippen molar-refractivity contribution in [3.63, 3.8) is 0 Å². The first-order valence-electron chi connectivity index (χ1n) is 13.1. The number of amides is 1. The molecule has 0 aromatic heterocycles. The summed E-state index contributed by atoms with van der Waals surface area (Å²) in [7, 11) is 0. The molecule has 2 aromatic rings. The van der Waals surface area contributed by atoms with Crippen LogP contribution in [-0.4, -0.2) is 33.7 Å². The molecule has 38 heavy (non-hydrogen) atoms. The molecule has 1 aliphatic heterocycles. The third-order valence-electron chi connectivity index (χ3n) is 8.34. The van der Waals surface area contributed by atoms with Crippen LogP contribution < -0.4 is 0 Å². The van der Waals surface area contributed by atoms with Crippen molar-refractivity contribution in [3.8, 4) is 0 Å². The lowest BCUT2D eigenvalue weighted by Gasteiger charge is -2.53. The number of rotatable bonds is 9. The molecule has 2 aliphatic rings. The number of hydrogen-bond donors (Lipinski definition) is 1. The predicted octanol–water partition coefficient (Wildman–Crippen LogP) is 8.51. The number of piperidine rings is 1. The molecule has 2 fully saturated rings. The molecule has 0 spiro atoms. The zero-order valence-corrected chi connectivity index (χ0v) is 23.2. The van der Waals surface area contributed by atoms with E-state index in [1.54, 1.807) is 36.1 Å². The van der Waals surface area contributed by atoms with Gasteiger partial charge in [-0.2, -0.15) is 13.2 Å². The van der Waals surface area contributed by atoms with Gasteiger partial charge in [-0.15, -0.1) is 6.58 Å².